The molecular weight excluding hydrogens is 528 g/mol. The highest BCUT2D eigenvalue weighted by molar-refractivity contribution is 7.11. The van der Waals surface area contributed by atoms with E-state index in [0.717, 1.165) is 17.5 Å². The number of aryl methyl sites for hydroxylation is 1. The molecule has 0 unspecified atom stereocenters. The fourth-order valence-electron chi connectivity index (χ4n) is 4.92. The van der Waals surface area contributed by atoms with Crippen LogP contribution in [0.2, 0.25) is 0 Å². The zero-order valence-electron chi connectivity index (χ0n) is 20.5. The third-order valence-electron chi connectivity index (χ3n) is 6.96. The van der Waals surface area contributed by atoms with Crippen LogP contribution in [0.4, 0.5) is 17.6 Å². The minimum atomic E-state index is -4.59. The number of H-pyrrole nitrogens is 1. The Kier molecular flexibility index (Phi) is 6.61. The molecule has 1 spiro atoms. The molecule has 4 heterocycles. The molecule has 38 heavy (non-hydrogen) atoms. The molecule has 1 saturated heterocycles. The molecule has 1 aliphatic carbocycles. The summed E-state index contributed by atoms with van der Waals surface area (Å²) in [6, 6.07) is 2.85. The van der Waals surface area contributed by atoms with Crippen LogP contribution in [0.1, 0.15) is 51.8 Å². The first kappa shape index (κ1) is 26.1. The summed E-state index contributed by atoms with van der Waals surface area (Å²) in [7, 11) is 1.41. The van der Waals surface area contributed by atoms with Gasteiger partial charge in [-0.15, -0.1) is 11.3 Å². The van der Waals surface area contributed by atoms with Gasteiger partial charge in [0.2, 0.25) is 11.8 Å². The summed E-state index contributed by atoms with van der Waals surface area (Å²) in [5, 5.41) is 9.67. The second-order valence-electron chi connectivity index (χ2n) is 9.46. The Balaban J connectivity index is 1.24. The van der Waals surface area contributed by atoms with E-state index >= 15 is 0 Å². The summed E-state index contributed by atoms with van der Waals surface area (Å²) in [5.41, 5.74) is -0.921. The van der Waals surface area contributed by atoms with Gasteiger partial charge in [-0.3, -0.25) is 14.7 Å². The topological polar surface area (TPSA) is 113 Å². The number of ether oxygens (including phenoxy) is 1. The van der Waals surface area contributed by atoms with Gasteiger partial charge in [0.15, 0.2) is 11.5 Å². The summed E-state index contributed by atoms with van der Waals surface area (Å²) < 4.78 is 59.0. The summed E-state index contributed by atoms with van der Waals surface area (Å²) in [4.78, 5) is 35.2. The second-order valence-corrected chi connectivity index (χ2v) is 10.8. The lowest BCUT2D eigenvalue weighted by Gasteiger charge is -2.39. The first-order chi connectivity index (χ1) is 18.0. The number of nitrogens with zero attached hydrogens (tertiary/aromatic N) is 4. The molecule has 2 N–H and O–H groups in total. The molecule has 0 aromatic carbocycles. The fraction of sp³-hybridized carbons (Fsp3) is 0.458. The highest BCUT2D eigenvalue weighted by Crippen LogP contribution is 2.50. The number of carbonyl (C=O) groups is 2. The molecule has 202 valence electrons. The number of carbonyl (C=O) groups excluding carboxylic acids is 2. The zero-order chi connectivity index (χ0) is 27.2. The Morgan fingerprint density at radius 2 is 2.08 bits per heavy atom. The Hall–Kier alpha value is -3.55. The predicted octanol–water partition coefficient (Wildman–Crippen LogP) is 4.10. The van der Waals surface area contributed by atoms with Crippen LogP contribution in [0.15, 0.2) is 18.3 Å². The maximum absolute atomic E-state index is 14.3. The van der Waals surface area contributed by atoms with Crippen LogP contribution in [0.5, 0.6) is 5.88 Å². The number of methoxy groups -OCH3 is 1. The summed E-state index contributed by atoms with van der Waals surface area (Å²) >= 11 is 0.905. The smallest absolute Gasteiger partial charge is 0.434 e. The number of pyridine rings is 1. The number of aromatic amines is 1. The highest BCUT2D eigenvalue weighted by atomic mass is 32.1. The number of hydrogen-bond acceptors (Lipinski definition) is 7. The predicted molar refractivity (Wildman–Crippen MR) is 128 cm³/mol. The number of amides is 2. The van der Waals surface area contributed by atoms with Gasteiger partial charge in [0.25, 0.3) is 5.91 Å². The van der Waals surface area contributed by atoms with E-state index < -0.39 is 29.1 Å². The number of nitrogens with one attached hydrogen (secondary N) is 2. The number of thiazole rings is 1. The number of piperidine rings is 1. The molecule has 9 nitrogen and oxygen atoms in total. The molecule has 3 aromatic heterocycles. The van der Waals surface area contributed by atoms with E-state index in [0.29, 0.717) is 32.2 Å². The number of halogens is 4. The number of aromatic nitrogens is 4. The molecule has 14 heteroatoms. The van der Waals surface area contributed by atoms with Gasteiger partial charge >= 0.3 is 6.18 Å². The lowest BCUT2D eigenvalue weighted by Crippen LogP contribution is -2.50. The Bertz CT molecular complexity index is 1380. The summed E-state index contributed by atoms with van der Waals surface area (Å²) in [6.45, 7) is 1.54. The van der Waals surface area contributed by atoms with Gasteiger partial charge in [0, 0.05) is 29.6 Å². The van der Waals surface area contributed by atoms with E-state index in [1.165, 1.54) is 26.2 Å². The van der Waals surface area contributed by atoms with Crippen LogP contribution in [0.25, 0.3) is 11.3 Å². The lowest BCUT2D eigenvalue weighted by atomic mass is 9.88. The van der Waals surface area contributed by atoms with Crippen molar-refractivity contribution in [3.63, 3.8) is 0 Å². The van der Waals surface area contributed by atoms with Crippen molar-refractivity contribution >= 4 is 23.2 Å². The van der Waals surface area contributed by atoms with Crippen molar-refractivity contribution in [3.8, 4) is 17.1 Å². The van der Waals surface area contributed by atoms with E-state index in [2.05, 4.69) is 25.5 Å². The van der Waals surface area contributed by atoms with Crippen molar-refractivity contribution in [2.75, 3.05) is 13.7 Å². The van der Waals surface area contributed by atoms with Crippen LogP contribution in [0, 0.1) is 18.7 Å². The molecular formula is C24H24F4N6O3S. The normalized spacial score (nSPS) is 18.5. The van der Waals surface area contributed by atoms with Crippen molar-refractivity contribution in [2.45, 2.75) is 50.9 Å². The molecule has 1 aliphatic heterocycles. The molecule has 2 amide bonds. The SMILES string of the molecule is COc1cc(-c2cc(C(=O)N3CC[C@H](C(=O)NCc4sc(C)nc4C(F)(F)F)CC34CC4)[nH]n2)c(F)cn1. The maximum atomic E-state index is 14.3. The molecule has 2 aliphatic rings. The monoisotopic (exact) mass is 552 g/mol. The van der Waals surface area contributed by atoms with E-state index in [1.54, 1.807) is 4.90 Å². The number of hydrogen-bond donors (Lipinski definition) is 2. The maximum Gasteiger partial charge on any atom is 0.434 e. The highest BCUT2D eigenvalue weighted by Gasteiger charge is 2.54. The van der Waals surface area contributed by atoms with Gasteiger partial charge in [0.05, 0.1) is 35.4 Å². The average molecular weight is 553 g/mol. The first-order valence-corrected chi connectivity index (χ1v) is 12.7. The van der Waals surface area contributed by atoms with Crippen molar-refractivity contribution in [1.82, 2.24) is 30.4 Å². The number of alkyl halides is 3. The second kappa shape index (κ2) is 9.64. The summed E-state index contributed by atoms with van der Waals surface area (Å²) in [5.74, 6) is -1.49. The molecule has 2 fully saturated rings. The number of rotatable bonds is 6. The quantitative estimate of drug-likeness (QED) is 0.445. The molecule has 1 saturated carbocycles. The van der Waals surface area contributed by atoms with Gasteiger partial charge in [-0.1, -0.05) is 0 Å². The third-order valence-corrected chi connectivity index (χ3v) is 7.93. The van der Waals surface area contributed by atoms with Crippen LogP contribution >= 0.6 is 11.3 Å². The van der Waals surface area contributed by atoms with Gasteiger partial charge in [-0.25, -0.2) is 14.4 Å². The Morgan fingerprint density at radius 1 is 1.32 bits per heavy atom. The van der Waals surface area contributed by atoms with E-state index in [-0.39, 0.29) is 51.1 Å². The van der Waals surface area contributed by atoms with Gasteiger partial charge in [-0.05, 0) is 38.7 Å². The zero-order valence-corrected chi connectivity index (χ0v) is 21.3. The largest absolute Gasteiger partial charge is 0.481 e. The minimum Gasteiger partial charge on any atom is -0.481 e. The van der Waals surface area contributed by atoms with Crippen LogP contribution in [0.3, 0.4) is 0 Å². The minimum absolute atomic E-state index is 0.0320. The van der Waals surface area contributed by atoms with Gasteiger partial charge in [-0.2, -0.15) is 18.3 Å². The standard InChI is InChI=1S/C24H24F4N6O3S/c1-12-31-20(24(26,27)28)18(38-12)11-30-21(35)13-3-6-34(23(9-13)4-5-23)22(36)17-8-16(32-33-17)14-7-19(37-2)29-10-15(14)25/h7-8,10,13H,3-6,9,11H2,1-2H3,(H,30,35)(H,32,33)/t13-/m0/s1. The van der Waals surface area contributed by atoms with Gasteiger partial charge in [0.1, 0.15) is 5.69 Å². The van der Waals surface area contributed by atoms with Crippen molar-refractivity contribution in [3.05, 3.63) is 45.4 Å². The fourth-order valence-corrected chi connectivity index (χ4v) is 5.81. The van der Waals surface area contributed by atoms with E-state index in [1.807, 2.05) is 0 Å². The molecule has 0 bridgehead atoms. The van der Waals surface area contributed by atoms with E-state index in [9.17, 15) is 27.2 Å². The van der Waals surface area contributed by atoms with Crippen LogP contribution in [-0.4, -0.2) is 56.1 Å². The van der Waals surface area contributed by atoms with Crippen molar-refractivity contribution in [2.24, 2.45) is 5.92 Å². The first-order valence-electron chi connectivity index (χ1n) is 11.9. The lowest BCUT2D eigenvalue weighted by molar-refractivity contribution is -0.141. The third kappa shape index (κ3) is 4.96. The Morgan fingerprint density at radius 3 is 2.76 bits per heavy atom. The average Bonchev–Trinajstić information content (AvgIpc) is 3.28. The number of likely N-dealkylation sites (tertiary alicyclic amines) is 1. The van der Waals surface area contributed by atoms with Gasteiger partial charge < -0.3 is 15.0 Å². The van der Waals surface area contributed by atoms with E-state index in [4.69, 9.17) is 4.74 Å². The van der Waals surface area contributed by atoms with Crippen LogP contribution < -0.4 is 10.1 Å². The van der Waals surface area contributed by atoms with Crippen molar-refractivity contribution < 1.29 is 31.9 Å². The van der Waals surface area contributed by atoms with Crippen LogP contribution in [-0.2, 0) is 17.5 Å². The Labute approximate surface area is 218 Å². The summed E-state index contributed by atoms with van der Waals surface area (Å²) in [6.07, 6.45) is -1.37. The molecule has 5 rings (SSSR count). The molecule has 0 radical (unpaired) electrons. The van der Waals surface area contributed by atoms with Crippen molar-refractivity contribution in [1.29, 1.82) is 0 Å². The molecule has 1 atom stereocenters. The molecule has 3 aromatic rings.